The molecule has 0 aromatic carbocycles. The molecule has 0 aliphatic carbocycles. The van der Waals surface area contributed by atoms with Crippen molar-refractivity contribution in [3.8, 4) is 0 Å². The van der Waals surface area contributed by atoms with Crippen LogP contribution in [0.4, 0.5) is 11.5 Å². The number of nitrogens with one attached hydrogen (secondary N) is 1. The number of amides is 1. The fourth-order valence-electron chi connectivity index (χ4n) is 1.26. The van der Waals surface area contributed by atoms with Crippen molar-refractivity contribution < 1.29 is 4.79 Å². The number of nitrogens with zero attached hydrogens (tertiary/aromatic N) is 4. The van der Waals surface area contributed by atoms with E-state index in [4.69, 9.17) is 17.3 Å². The fourth-order valence-corrected chi connectivity index (χ4v) is 1.41. The number of aryl methyl sites for hydroxylation is 1. The van der Waals surface area contributed by atoms with Crippen LogP contribution in [0, 0.1) is 0 Å². The molecule has 2 aromatic rings. The van der Waals surface area contributed by atoms with Gasteiger partial charge in [-0.1, -0.05) is 11.6 Å². The molecular weight excluding hydrogens is 244 g/mol. The molecule has 0 atom stereocenters. The number of nitrogens with two attached hydrogens (primary N) is 1. The number of anilines is 2. The van der Waals surface area contributed by atoms with E-state index in [0.29, 0.717) is 11.5 Å². The summed E-state index contributed by atoms with van der Waals surface area (Å²) in [5.41, 5.74) is 5.56. The van der Waals surface area contributed by atoms with Crippen molar-refractivity contribution in [3.05, 3.63) is 29.2 Å². The molecule has 8 heteroatoms. The average molecular weight is 253 g/mol. The minimum Gasteiger partial charge on any atom is -0.364 e. The zero-order valence-electron chi connectivity index (χ0n) is 8.88. The summed E-state index contributed by atoms with van der Waals surface area (Å²) >= 11 is 5.70. The maximum Gasteiger partial charge on any atom is 0.271 e. The summed E-state index contributed by atoms with van der Waals surface area (Å²) in [4.78, 5) is 11.1. The first-order chi connectivity index (χ1) is 8.06. The summed E-state index contributed by atoms with van der Waals surface area (Å²) in [7, 11) is 1.78. The molecular formula is C9H9ClN6O. The molecule has 17 heavy (non-hydrogen) atoms. The maximum absolute atomic E-state index is 11.1. The van der Waals surface area contributed by atoms with Gasteiger partial charge in [0.05, 0.1) is 5.69 Å². The number of carbonyl (C=O) groups excluding carboxylic acids is 1. The van der Waals surface area contributed by atoms with E-state index in [0.717, 1.165) is 0 Å². The van der Waals surface area contributed by atoms with Gasteiger partial charge in [0, 0.05) is 25.4 Å². The van der Waals surface area contributed by atoms with E-state index in [1.54, 1.807) is 24.0 Å². The van der Waals surface area contributed by atoms with Crippen molar-refractivity contribution in [2.24, 2.45) is 12.8 Å². The van der Waals surface area contributed by atoms with Crippen LogP contribution in [-0.2, 0) is 7.05 Å². The lowest BCUT2D eigenvalue weighted by Gasteiger charge is -2.06. The minimum atomic E-state index is -0.687. The first-order valence-electron chi connectivity index (χ1n) is 4.66. The van der Waals surface area contributed by atoms with Crippen molar-refractivity contribution >= 4 is 29.0 Å². The van der Waals surface area contributed by atoms with Crippen molar-refractivity contribution in [1.82, 2.24) is 20.0 Å². The third kappa shape index (κ3) is 2.51. The van der Waals surface area contributed by atoms with Crippen molar-refractivity contribution in [2.75, 3.05) is 5.32 Å². The molecule has 2 rings (SSSR count). The first-order valence-corrected chi connectivity index (χ1v) is 5.04. The first kappa shape index (κ1) is 11.3. The van der Waals surface area contributed by atoms with Gasteiger partial charge in [0.15, 0.2) is 16.7 Å². The molecule has 3 N–H and O–H groups in total. The smallest absolute Gasteiger partial charge is 0.271 e. The Balaban J connectivity index is 2.37. The maximum atomic E-state index is 11.1. The molecule has 0 spiro atoms. The fraction of sp³-hybridized carbons (Fsp3) is 0.111. The highest BCUT2D eigenvalue weighted by Crippen LogP contribution is 2.19. The second kappa shape index (κ2) is 4.38. The highest BCUT2D eigenvalue weighted by molar-refractivity contribution is 6.29. The lowest BCUT2D eigenvalue weighted by molar-refractivity contribution is 0.0995. The van der Waals surface area contributed by atoms with Crippen LogP contribution in [0.1, 0.15) is 10.5 Å². The van der Waals surface area contributed by atoms with Crippen LogP contribution in [0.2, 0.25) is 5.15 Å². The molecule has 0 aliphatic heterocycles. The van der Waals surface area contributed by atoms with Crippen molar-refractivity contribution in [3.63, 3.8) is 0 Å². The Morgan fingerprint density at radius 3 is 2.88 bits per heavy atom. The lowest BCUT2D eigenvalue weighted by Crippen LogP contribution is -2.16. The standard InChI is InChI=1S/C9H9ClN6O/c1-16-3-2-7(15-16)12-5-4-6(10)13-14-8(5)9(11)17/h2-4H,1H3,(H2,11,17)(H,12,13,15). The molecule has 2 heterocycles. The molecule has 0 bridgehead atoms. The average Bonchev–Trinajstić information content (AvgIpc) is 2.63. The number of aromatic nitrogens is 4. The topological polar surface area (TPSA) is 98.7 Å². The largest absolute Gasteiger partial charge is 0.364 e. The lowest BCUT2D eigenvalue weighted by atomic mass is 10.3. The minimum absolute atomic E-state index is 0.0139. The Morgan fingerprint density at radius 1 is 1.53 bits per heavy atom. The van der Waals surface area contributed by atoms with Crippen LogP contribution in [0.15, 0.2) is 18.3 Å². The highest BCUT2D eigenvalue weighted by atomic mass is 35.5. The quantitative estimate of drug-likeness (QED) is 0.838. The van der Waals surface area contributed by atoms with Gasteiger partial charge in [0.2, 0.25) is 0 Å². The number of hydrogen-bond donors (Lipinski definition) is 2. The molecule has 0 saturated carbocycles. The monoisotopic (exact) mass is 252 g/mol. The van der Waals surface area contributed by atoms with E-state index in [9.17, 15) is 4.79 Å². The second-order valence-corrected chi connectivity index (χ2v) is 3.68. The van der Waals surface area contributed by atoms with Gasteiger partial charge in [0.25, 0.3) is 5.91 Å². The number of halogens is 1. The molecule has 0 radical (unpaired) electrons. The van der Waals surface area contributed by atoms with Gasteiger partial charge in [-0.3, -0.25) is 9.48 Å². The molecule has 0 fully saturated rings. The summed E-state index contributed by atoms with van der Waals surface area (Å²) < 4.78 is 1.61. The normalized spacial score (nSPS) is 10.2. The van der Waals surface area contributed by atoms with Gasteiger partial charge in [0.1, 0.15) is 0 Å². The Labute approximate surface area is 102 Å². The van der Waals surface area contributed by atoms with Gasteiger partial charge >= 0.3 is 0 Å². The third-order valence-electron chi connectivity index (χ3n) is 1.97. The van der Waals surface area contributed by atoms with E-state index in [2.05, 4.69) is 20.6 Å². The van der Waals surface area contributed by atoms with Crippen LogP contribution in [0.5, 0.6) is 0 Å². The van der Waals surface area contributed by atoms with E-state index < -0.39 is 5.91 Å². The molecule has 1 amide bonds. The van der Waals surface area contributed by atoms with E-state index in [1.165, 1.54) is 6.07 Å². The van der Waals surface area contributed by atoms with Gasteiger partial charge in [-0.25, -0.2) is 0 Å². The Morgan fingerprint density at radius 2 is 2.29 bits per heavy atom. The van der Waals surface area contributed by atoms with E-state index in [-0.39, 0.29) is 10.8 Å². The number of rotatable bonds is 3. The van der Waals surface area contributed by atoms with Crippen molar-refractivity contribution in [1.29, 1.82) is 0 Å². The van der Waals surface area contributed by atoms with Gasteiger partial charge in [-0.2, -0.15) is 5.10 Å². The zero-order valence-corrected chi connectivity index (χ0v) is 9.64. The van der Waals surface area contributed by atoms with Crippen LogP contribution < -0.4 is 11.1 Å². The van der Waals surface area contributed by atoms with Crippen LogP contribution in [0.3, 0.4) is 0 Å². The van der Waals surface area contributed by atoms with E-state index in [1.807, 2.05) is 0 Å². The van der Waals surface area contributed by atoms with Crippen LogP contribution >= 0.6 is 11.6 Å². The summed E-state index contributed by atoms with van der Waals surface area (Å²) in [5.74, 6) is -0.133. The Hall–Kier alpha value is -2.15. The zero-order chi connectivity index (χ0) is 12.4. The summed E-state index contributed by atoms with van der Waals surface area (Å²) in [6.45, 7) is 0. The van der Waals surface area contributed by atoms with Crippen LogP contribution in [0.25, 0.3) is 0 Å². The summed E-state index contributed by atoms with van der Waals surface area (Å²) in [6.07, 6.45) is 1.75. The predicted octanol–water partition coefficient (Wildman–Crippen LogP) is 0.706. The summed E-state index contributed by atoms with van der Waals surface area (Å²) in [5, 5.41) is 14.3. The summed E-state index contributed by atoms with van der Waals surface area (Å²) in [6, 6.07) is 3.20. The molecule has 0 saturated heterocycles. The van der Waals surface area contributed by atoms with E-state index >= 15 is 0 Å². The molecule has 7 nitrogen and oxygen atoms in total. The second-order valence-electron chi connectivity index (χ2n) is 3.29. The van der Waals surface area contributed by atoms with Gasteiger partial charge < -0.3 is 11.1 Å². The highest BCUT2D eigenvalue weighted by Gasteiger charge is 2.12. The number of carbonyl (C=O) groups is 1. The third-order valence-corrected chi connectivity index (χ3v) is 2.16. The number of hydrogen-bond acceptors (Lipinski definition) is 5. The van der Waals surface area contributed by atoms with Crippen molar-refractivity contribution in [2.45, 2.75) is 0 Å². The van der Waals surface area contributed by atoms with Crippen LogP contribution in [-0.4, -0.2) is 25.9 Å². The molecule has 2 aromatic heterocycles. The predicted molar refractivity (Wildman–Crippen MR) is 62.1 cm³/mol. The molecule has 0 aliphatic rings. The molecule has 0 unspecified atom stereocenters. The Kier molecular flexibility index (Phi) is 2.92. The van der Waals surface area contributed by atoms with Gasteiger partial charge in [-0.05, 0) is 0 Å². The molecule has 88 valence electrons. The SMILES string of the molecule is Cn1ccc(Nc2cc(Cl)nnc2C(N)=O)n1. The Bertz CT molecular complexity index is 566. The van der Waals surface area contributed by atoms with Gasteiger partial charge in [-0.15, -0.1) is 10.2 Å². The number of primary amides is 1.